The van der Waals surface area contributed by atoms with E-state index in [4.69, 9.17) is 9.26 Å². The van der Waals surface area contributed by atoms with Crippen molar-refractivity contribution in [2.45, 2.75) is 20.8 Å². The Balaban J connectivity index is 2.29. The smallest absolute Gasteiger partial charge is 0.341 e. The average molecular weight is 299 g/mol. The van der Waals surface area contributed by atoms with E-state index in [1.165, 1.54) is 13.0 Å². The Labute approximate surface area is 128 Å². The molecule has 0 fully saturated rings. The normalized spacial score (nSPS) is 11.3. The van der Waals surface area contributed by atoms with Gasteiger partial charge in [-0.05, 0) is 26.8 Å². The van der Waals surface area contributed by atoms with Crippen LogP contribution in [0.2, 0.25) is 0 Å². The first kappa shape index (κ1) is 15.7. The fourth-order valence-electron chi connectivity index (χ4n) is 1.87. The maximum absolute atomic E-state index is 11.7. The fourth-order valence-corrected chi connectivity index (χ4v) is 1.87. The van der Waals surface area contributed by atoms with Crippen molar-refractivity contribution >= 4 is 17.8 Å². The van der Waals surface area contributed by atoms with E-state index < -0.39 is 5.97 Å². The predicted molar refractivity (Wildman–Crippen MR) is 82.0 cm³/mol. The van der Waals surface area contributed by atoms with Gasteiger partial charge in [0.1, 0.15) is 11.3 Å². The van der Waals surface area contributed by atoms with Gasteiger partial charge < -0.3 is 9.26 Å². The zero-order chi connectivity index (χ0) is 16.1. The van der Waals surface area contributed by atoms with E-state index in [9.17, 15) is 9.59 Å². The summed E-state index contributed by atoms with van der Waals surface area (Å²) in [6, 6.07) is 9.44. The Bertz CT molecular complexity index is 711. The second-order valence-corrected chi connectivity index (χ2v) is 4.82. The van der Waals surface area contributed by atoms with Crippen molar-refractivity contribution in [3.05, 3.63) is 47.2 Å². The zero-order valence-electron chi connectivity index (χ0n) is 12.8. The summed E-state index contributed by atoms with van der Waals surface area (Å²) in [5, 5.41) is 3.87. The molecule has 0 N–H and O–H groups in total. The van der Waals surface area contributed by atoms with Crippen LogP contribution in [-0.2, 0) is 14.3 Å². The van der Waals surface area contributed by atoms with Crippen molar-refractivity contribution in [2.24, 2.45) is 0 Å². The van der Waals surface area contributed by atoms with Crippen LogP contribution in [-0.4, -0.2) is 23.5 Å². The quantitative estimate of drug-likeness (QED) is 0.367. The minimum atomic E-state index is -0.658. The Hall–Kier alpha value is -2.69. The fraction of sp³-hybridized carbons (Fsp3) is 0.235. The minimum Gasteiger partial charge on any atom is -0.462 e. The van der Waals surface area contributed by atoms with Crippen molar-refractivity contribution in [3.8, 4) is 11.3 Å². The second kappa shape index (κ2) is 6.85. The lowest BCUT2D eigenvalue weighted by Crippen LogP contribution is -2.13. The van der Waals surface area contributed by atoms with Gasteiger partial charge in [-0.25, -0.2) is 4.79 Å². The van der Waals surface area contributed by atoms with Gasteiger partial charge in [0.25, 0.3) is 0 Å². The number of Topliss-reactive ketones (excluding diaryl/α,β-unsaturated/α-hetero) is 1. The topological polar surface area (TPSA) is 69.4 Å². The molecule has 5 heteroatoms. The third-order valence-electron chi connectivity index (χ3n) is 3.03. The third kappa shape index (κ3) is 3.69. The average Bonchev–Trinajstić information content (AvgIpc) is 2.94. The maximum atomic E-state index is 11.7. The number of carbonyl (C=O) groups is 2. The molecule has 0 bridgehead atoms. The summed E-state index contributed by atoms with van der Waals surface area (Å²) in [7, 11) is 0. The molecule has 0 saturated heterocycles. The lowest BCUT2D eigenvalue weighted by molar-refractivity contribution is -0.139. The number of hydrogen-bond acceptors (Lipinski definition) is 5. The summed E-state index contributed by atoms with van der Waals surface area (Å²) in [5.74, 6) is -0.466. The highest BCUT2D eigenvalue weighted by Gasteiger charge is 2.17. The van der Waals surface area contributed by atoms with Gasteiger partial charge in [-0.1, -0.05) is 35.0 Å². The van der Waals surface area contributed by atoms with Crippen LogP contribution in [0.4, 0.5) is 0 Å². The Kier molecular flexibility index (Phi) is 4.88. The van der Waals surface area contributed by atoms with Crippen LogP contribution in [0.5, 0.6) is 0 Å². The molecule has 22 heavy (non-hydrogen) atoms. The van der Waals surface area contributed by atoms with Crippen molar-refractivity contribution in [3.63, 3.8) is 0 Å². The molecule has 0 aliphatic rings. The van der Waals surface area contributed by atoms with Gasteiger partial charge in [-0.15, -0.1) is 0 Å². The number of hydrogen-bond donors (Lipinski definition) is 0. The van der Waals surface area contributed by atoms with Crippen molar-refractivity contribution in [2.75, 3.05) is 6.61 Å². The lowest BCUT2D eigenvalue weighted by atomic mass is 10.1. The summed E-state index contributed by atoms with van der Waals surface area (Å²) >= 11 is 0. The Morgan fingerprint density at radius 1 is 1.27 bits per heavy atom. The maximum Gasteiger partial charge on any atom is 0.341 e. The molecule has 114 valence electrons. The summed E-state index contributed by atoms with van der Waals surface area (Å²) in [6.45, 7) is 5.19. The summed E-state index contributed by atoms with van der Waals surface area (Å²) in [6.07, 6.45) is 1.38. The van der Waals surface area contributed by atoms with E-state index in [-0.39, 0.29) is 18.0 Å². The van der Waals surface area contributed by atoms with Gasteiger partial charge in [0.15, 0.2) is 11.5 Å². The molecule has 0 radical (unpaired) electrons. The number of ether oxygens (including phenoxy) is 1. The van der Waals surface area contributed by atoms with Gasteiger partial charge in [0.2, 0.25) is 0 Å². The van der Waals surface area contributed by atoms with Crippen LogP contribution in [0, 0.1) is 6.92 Å². The number of esters is 1. The number of nitrogens with zero attached hydrogens (tertiary/aromatic N) is 1. The largest absolute Gasteiger partial charge is 0.462 e. The monoisotopic (exact) mass is 299 g/mol. The molecule has 0 unspecified atom stereocenters. The zero-order valence-corrected chi connectivity index (χ0v) is 12.8. The summed E-state index contributed by atoms with van der Waals surface area (Å²) < 4.78 is 10.1. The number of rotatable bonds is 5. The van der Waals surface area contributed by atoms with Gasteiger partial charge in [0.05, 0.1) is 6.61 Å². The van der Waals surface area contributed by atoms with Crippen molar-refractivity contribution in [1.29, 1.82) is 0 Å². The molecule has 1 aromatic heterocycles. The molecule has 0 saturated carbocycles. The molecule has 0 spiro atoms. The van der Waals surface area contributed by atoms with Crippen molar-refractivity contribution in [1.82, 2.24) is 5.16 Å². The summed E-state index contributed by atoms with van der Waals surface area (Å²) in [5.41, 5.74) is 2.36. The highest BCUT2D eigenvalue weighted by atomic mass is 16.5. The van der Waals surface area contributed by atoms with Gasteiger partial charge in [-0.3, -0.25) is 4.79 Å². The molecule has 0 atom stereocenters. The molecular weight excluding hydrogens is 282 g/mol. The lowest BCUT2D eigenvalue weighted by Gasteiger charge is -2.01. The third-order valence-corrected chi connectivity index (χ3v) is 3.03. The first-order chi connectivity index (χ1) is 10.5. The van der Waals surface area contributed by atoms with E-state index in [0.29, 0.717) is 11.5 Å². The van der Waals surface area contributed by atoms with Crippen LogP contribution in [0.1, 0.15) is 25.1 Å². The van der Waals surface area contributed by atoms with Crippen LogP contribution in [0.3, 0.4) is 0 Å². The van der Waals surface area contributed by atoms with E-state index in [1.807, 2.05) is 31.2 Å². The highest BCUT2D eigenvalue weighted by molar-refractivity contribution is 6.19. The molecule has 0 aliphatic heterocycles. The molecule has 1 aromatic carbocycles. The predicted octanol–water partition coefficient (Wildman–Crippen LogP) is 3.19. The first-order valence-corrected chi connectivity index (χ1v) is 6.94. The molecule has 2 rings (SSSR count). The second-order valence-electron chi connectivity index (χ2n) is 4.82. The molecular formula is C17H17NO4. The Morgan fingerprint density at radius 3 is 2.55 bits per heavy atom. The number of aromatic nitrogens is 1. The van der Waals surface area contributed by atoms with Crippen LogP contribution < -0.4 is 0 Å². The molecule has 0 amide bonds. The van der Waals surface area contributed by atoms with Crippen LogP contribution in [0.25, 0.3) is 17.4 Å². The van der Waals surface area contributed by atoms with Gasteiger partial charge in [0, 0.05) is 11.6 Å². The standard InChI is InChI=1S/C17H17NO4/c1-4-21-17(20)15(12(3)19)9-14-10-16(22-18-14)13-7-5-11(2)6-8-13/h5-10H,4H2,1-3H3. The number of carbonyl (C=O) groups excluding carboxylic acids is 2. The number of aryl methyl sites for hydroxylation is 1. The molecule has 2 aromatic rings. The molecule has 0 aliphatic carbocycles. The van der Waals surface area contributed by atoms with Crippen molar-refractivity contribution < 1.29 is 18.8 Å². The van der Waals surface area contributed by atoms with E-state index >= 15 is 0 Å². The SMILES string of the molecule is CCOC(=O)C(=Cc1cc(-c2ccc(C)cc2)on1)C(C)=O. The van der Waals surface area contributed by atoms with Gasteiger partial charge in [-0.2, -0.15) is 0 Å². The Morgan fingerprint density at radius 2 is 1.95 bits per heavy atom. The number of benzene rings is 1. The minimum absolute atomic E-state index is 0.0504. The highest BCUT2D eigenvalue weighted by Crippen LogP contribution is 2.22. The molecule has 5 nitrogen and oxygen atoms in total. The first-order valence-electron chi connectivity index (χ1n) is 6.94. The van der Waals surface area contributed by atoms with E-state index in [0.717, 1.165) is 11.1 Å². The molecule has 1 heterocycles. The summed E-state index contributed by atoms with van der Waals surface area (Å²) in [4.78, 5) is 23.3. The van der Waals surface area contributed by atoms with E-state index in [1.54, 1.807) is 13.0 Å². The van der Waals surface area contributed by atoms with E-state index in [2.05, 4.69) is 5.16 Å². The van der Waals surface area contributed by atoms with Crippen LogP contribution in [0.15, 0.2) is 40.4 Å². The number of ketones is 1. The van der Waals surface area contributed by atoms with Crippen LogP contribution >= 0.6 is 0 Å². The van der Waals surface area contributed by atoms with Gasteiger partial charge >= 0.3 is 5.97 Å².